The van der Waals surface area contributed by atoms with Gasteiger partial charge in [0.25, 0.3) is 0 Å². The number of para-hydroxylation sites is 3. The zero-order valence-corrected chi connectivity index (χ0v) is 38.3. The highest BCUT2D eigenvalue weighted by molar-refractivity contribution is 6.23. The second-order valence-electron chi connectivity index (χ2n) is 19.0. The van der Waals surface area contributed by atoms with Gasteiger partial charge in [0.2, 0.25) is 5.95 Å². The highest BCUT2D eigenvalue weighted by Crippen LogP contribution is 2.45. The Morgan fingerprint density at radius 2 is 0.930 bits per heavy atom. The second-order valence-corrected chi connectivity index (χ2v) is 19.0. The van der Waals surface area contributed by atoms with Crippen LogP contribution in [-0.2, 0) is 12.8 Å². The van der Waals surface area contributed by atoms with Crippen molar-refractivity contribution in [1.29, 1.82) is 0 Å². The molecule has 0 bridgehead atoms. The fourth-order valence-electron chi connectivity index (χ4n) is 11.8. The lowest BCUT2D eigenvalue weighted by Gasteiger charge is -2.17. The van der Waals surface area contributed by atoms with E-state index in [0.29, 0.717) is 17.6 Å². The molecule has 0 radical (unpaired) electrons. The minimum Gasteiger partial charge on any atom is -0.465 e. The van der Waals surface area contributed by atoms with Crippen molar-refractivity contribution in [2.24, 2.45) is 0 Å². The lowest BCUT2D eigenvalue weighted by atomic mass is 9.95. The van der Waals surface area contributed by atoms with Gasteiger partial charge in [-0.15, -0.1) is 0 Å². The van der Waals surface area contributed by atoms with Crippen LogP contribution < -0.4 is 0 Å². The Hall–Kier alpha value is -9.27. The molecule has 14 aromatic rings. The summed E-state index contributed by atoms with van der Waals surface area (Å²) >= 11 is 0. The first kappa shape index (κ1) is 38.7. The van der Waals surface area contributed by atoms with E-state index in [4.69, 9.17) is 23.8 Å². The number of hydrogen-bond donors (Lipinski definition) is 0. The number of aryl methyl sites for hydroxylation is 2. The Morgan fingerprint density at radius 1 is 0.380 bits per heavy atom. The topological polar surface area (TPSA) is 79.7 Å². The number of furan rings is 2. The largest absolute Gasteiger partial charge is 0.465 e. The first-order valence-corrected chi connectivity index (χ1v) is 24.4. The van der Waals surface area contributed by atoms with Crippen LogP contribution in [0.3, 0.4) is 0 Å². The van der Waals surface area contributed by atoms with Crippen molar-refractivity contribution in [3.63, 3.8) is 0 Å². The summed E-state index contributed by atoms with van der Waals surface area (Å²) in [7, 11) is 0. The predicted molar refractivity (Wildman–Crippen MR) is 288 cm³/mol. The molecular weight excluding hydrogens is 873 g/mol. The first-order chi connectivity index (χ1) is 35.2. The second kappa shape index (κ2) is 14.6. The minimum atomic E-state index is 0.557. The van der Waals surface area contributed by atoms with Gasteiger partial charge in [-0.3, -0.25) is 4.57 Å². The zero-order valence-electron chi connectivity index (χ0n) is 38.3. The Bertz CT molecular complexity index is 4580. The van der Waals surface area contributed by atoms with E-state index in [9.17, 15) is 0 Å². The van der Waals surface area contributed by atoms with Gasteiger partial charge in [0, 0.05) is 89.6 Å². The van der Waals surface area contributed by atoms with Crippen LogP contribution in [-0.4, -0.2) is 28.7 Å². The summed E-state index contributed by atoms with van der Waals surface area (Å²) in [6, 6.07) is 62.5. The van der Waals surface area contributed by atoms with Crippen LogP contribution in [0.5, 0.6) is 0 Å². The quantitative estimate of drug-likeness (QED) is 0.172. The number of aromatic nitrogens is 6. The molecule has 0 fully saturated rings. The summed E-state index contributed by atoms with van der Waals surface area (Å²) in [5, 5.41) is 9.05. The third kappa shape index (κ3) is 5.64. The normalized spacial score (nSPS) is 13.7. The molecule has 8 aromatic carbocycles. The van der Waals surface area contributed by atoms with Gasteiger partial charge in [-0.25, -0.2) is 4.98 Å². The Morgan fingerprint density at radius 3 is 1.62 bits per heavy atom. The van der Waals surface area contributed by atoms with Gasteiger partial charge < -0.3 is 18.0 Å². The van der Waals surface area contributed by atoms with Crippen molar-refractivity contribution in [3.05, 3.63) is 205 Å². The van der Waals surface area contributed by atoms with Gasteiger partial charge in [-0.1, -0.05) is 127 Å². The number of nitrogens with zero attached hydrogens (tertiary/aromatic N) is 6. The van der Waals surface area contributed by atoms with E-state index in [1.165, 1.54) is 33.1 Å². The monoisotopic (exact) mass is 912 g/mol. The van der Waals surface area contributed by atoms with E-state index < -0.39 is 0 Å². The van der Waals surface area contributed by atoms with Crippen LogP contribution in [0.1, 0.15) is 35.5 Å². The number of benzene rings is 8. The summed E-state index contributed by atoms with van der Waals surface area (Å²) < 4.78 is 20.0. The number of fused-ring (bicyclic) bond motifs is 15. The molecule has 8 heteroatoms. The highest BCUT2D eigenvalue weighted by atomic mass is 16.3. The molecule has 6 aromatic heterocycles. The average Bonchev–Trinajstić information content (AvgIpc) is 4.23. The molecule has 8 nitrogen and oxygen atoms in total. The maximum atomic E-state index is 6.50. The van der Waals surface area contributed by atoms with Gasteiger partial charge in [0.05, 0.1) is 33.1 Å². The molecule has 0 N–H and O–H groups in total. The molecule has 0 amide bonds. The summed E-state index contributed by atoms with van der Waals surface area (Å²) in [5.74, 6) is 3.99. The molecule has 0 aliphatic heterocycles. The zero-order chi connectivity index (χ0) is 46.3. The number of rotatable bonds is 5. The van der Waals surface area contributed by atoms with Gasteiger partial charge in [-0.05, 0) is 79.6 Å². The van der Waals surface area contributed by atoms with Gasteiger partial charge in [0.1, 0.15) is 22.7 Å². The molecule has 0 unspecified atom stereocenters. The summed E-state index contributed by atoms with van der Waals surface area (Å²) in [6.45, 7) is 0. The van der Waals surface area contributed by atoms with Gasteiger partial charge in [-0.2, -0.15) is 9.97 Å². The van der Waals surface area contributed by atoms with Crippen molar-refractivity contribution in [2.45, 2.75) is 25.7 Å². The summed E-state index contributed by atoms with van der Waals surface area (Å²) in [6.07, 6.45) is 10.6. The van der Waals surface area contributed by atoms with Crippen molar-refractivity contribution < 1.29 is 8.83 Å². The molecule has 0 spiro atoms. The Balaban J connectivity index is 1.03. The fraction of sp³-hybridized carbons (Fsp3) is 0.0635. The number of allylic oxidation sites excluding steroid dienone is 2. The van der Waals surface area contributed by atoms with Crippen LogP contribution in [0.15, 0.2) is 191 Å². The molecular formula is C63H40N6O2. The fourth-order valence-corrected chi connectivity index (χ4v) is 11.8. The average molecular weight is 913 g/mol. The molecule has 16 rings (SSSR count). The Kier molecular flexibility index (Phi) is 7.96. The van der Waals surface area contributed by atoms with E-state index in [0.717, 1.165) is 125 Å². The van der Waals surface area contributed by atoms with Crippen LogP contribution in [0.25, 0.3) is 140 Å². The van der Waals surface area contributed by atoms with E-state index in [1.807, 2.05) is 48.5 Å². The van der Waals surface area contributed by atoms with Crippen molar-refractivity contribution in [3.8, 4) is 34.4 Å². The summed E-state index contributed by atoms with van der Waals surface area (Å²) in [4.78, 5) is 15.9. The molecule has 2 aliphatic carbocycles. The van der Waals surface area contributed by atoms with Crippen molar-refractivity contribution in [1.82, 2.24) is 28.7 Å². The van der Waals surface area contributed by atoms with Crippen LogP contribution in [0.2, 0.25) is 0 Å². The maximum Gasteiger partial charge on any atom is 0.238 e. The Labute approximate surface area is 405 Å². The maximum absolute atomic E-state index is 6.50. The smallest absolute Gasteiger partial charge is 0.238 e. The molecule has 0 atom stereocenters. The van der Waals surface area contributed by atoms with Crippen LogP contribution in [0, 0.1) is 0 Å². The highest BCUT2D eigenvalue weighted by Gasteiger charge is 2.27. The third-order valence-corrected chi connectivity index (χ3v) is 15.0. The van der Waals surface area contributed by atoms with Crippen LogP contribution in [0.4, 0.5) is 0 Å². The lowest BCUT2D eigenvalue weighted by molar-refractivity contribution is 0.462. The lowest BCUT2D eigenvalue weighted by Crippen LogP contribution is -2.06. The minimum absolute atomic E-state index is 0.557. The van der Waals surface area contributed by atoms with E-state index in [-0.39, 0.29) is 0 Å². The molecule has 0 saturated heterocycles. The molecule has 334 valence electrons. The number of hydrogen-bond acceptors (Lipinski definition) is 5. The first-order valence-electron chi connectivity index (χ1n) is 24.4. The molecule has 71 heavy (non-hydrogen) atoms. The van der Waals surface area contributed by atoms with Crippen molar-refractivity contribution >= 4 is 105 Å². The van der Waals surface area contributed by atoms with Crippen LogP contribution >= 0.6 is 0 Å². The van der Waals surface area contributed by atoms with Crippen molar-refractivity contribution in [2.75, 3.05) is 0 Å². The third-order valence-electron chi connectivity index (χ3n) is 15.0. The van der Waals surface area contributed by atoms with E-state index in [1.54, 1.807) is 0 Å². The summed E-state index contributed by atoms with van der Waals surface area (Å²) in [5.41, 5.74) is 15.0. The molecule has 0 saturated carbocycles. The van der Waals surface area contributed by atoms with E-state index >= 15 is 0 Å². The molecule has 6 heterocycles. The van der Waals surface area contributed by atoms with E-state index in [2.05, 4.69) is 159 Å². The molecule has 2 aliphatic rings. The standard InChI is InChI=1S/C63H40N6O2/c1-3-15-37(16-4-1)61-64-62(38-17-5-2-6-18-38)66-63(65-61)69-55-33-45-41-19-7-11-23-51(41)67(39-27-29-59-49(31-39)43-21-9-13-25-57(43)70-59)53(45)35-47(55)48-36-54-46(34-56(48)69)42-20-8-12-24-52(42)68(54)40-28-30-60-50(32-40)44-22-10-14-26-58(44)71-60/h1-13,15-25,27,29,31-36H,14,26,28,30H2. The predicted octanol–water partition coefficient (Wildman–Crippen LogP) is 15.9. The van der Waals surface area contributed by atoms with Gasteiger partial charge in [0.15, 0.2) is 11.6 Å². The van der Waals surface area contributed by atoms with Gasteiger partial charge >= 0.3 is 0 Å². The SMILES string of the molecule is C1=Cc2c(oc3c2C=C(n2c4ccccc4c4cc5c(cc42)c2cc4c(cc2n5-c2nc(-c5ccccc5)nc(-c5ccccc5)n2)c2ccccc2n4-c2ccc4oc5ccccc5c4c2)CC3)CC1.